The highest BCUT2D eigenvalue weighted by molar-refractivity contribution is 5.69. The van der Waals surface area contributed by atoms with Crippen molar-refractivity contribution in [3.63, 3.8) is 0 Å². The Morgan fingerprint density at radius 2 is 1.59 bits per heavy atom. The minimum atomic E-state index is -0.0233. The molecule has 2 fully saturated rings. The Bertz CT molecular complexity index is 325. The summed E-state index contributed by atoms with van der Waals surface area (Å²) in [6.45, 7) is 0.469. The molecule has 2 heteroatoms. The fraction of sp³-hybridized carbons (Fsp3) is 0.850. The van der Waals surface area contributed by atoms with E-state index in [2.05, 4.69) is 6.08 Å². The molecule has 2 rings (SSSR count). The van der Waals surface area contributed by atoms with Gasteiger partial charge >= 0.3 is 5.97 Å². The minimum absolute atomic E-state index is 0.0233. The molecule has 0 aliphatic heterocycles. The molecule has 0 radical (unpaired) electrons. The topological polar surface area (TPSA) is 26.3 Å². The number of allylic oxidation sites excluding steroid dienone is 1. The molecule has 0 heterocycles. The third-order valence-corrected chi connectivity index (χ3v) is 5.09. The predicted octanol–water partition coefficient (Wildman–Crippen LogP) is 5.81. The zero-order chi connectivity index (χ0) is 15.5. The van der Waals surface area contributed by atoms with Gasteiger partial charge in [0.15, 0.2) is 0 Å². The summed E-state index contributed by atoms with van der Waals surface area (Å²) < 4.78 is 5.25. The van der Waals surface area contributed by atoms with Crippen LogP contribution in [0.5, 0.6) is 0 Å². The smallest absolute Gasteiger partial charge is 0.306 e. The van der Waals surface area contributed by atoms with Crippen LogP contribution in [0.2, 0.25) is 0 Å². The first-order valence-electron chi connectivity index (χ1n) is 9.67. The van der Waals surface area contributed by atoms with Gasteiger partial charge in [0.1, 0.15) is 6.61 Å². The molecule has 0 unspecified atom stereocenters. The highest BCUT2D eigenvalue weighted by atomic mass is 16.5. The van der Waals surface area contributed by atoms with E-state index in [9.17, 15) is 4.79 Å². The Kier molecular flexibility index (Phi) is 8.67. The number of carbonyl (C=O) groups excluding carboxylic acids is 1. The summed E-state index contributed by atoms with van der Waals surface area (Å²) in [5.41, 5.74) is 0. The Labute approximate surface area is 136 Å². The Morgan fingerprint density at radius 3 is 2.32 bits per heavy atom. The van der Waals surface area contributed by atoms with Gasteiger partial charge in [-0.3, -0.25) is 4.79 Å². The normalized spacial score (nSPS) is 19.1. The Balaban J connectivity index is 1.32. The van der Waals surface area contributed by atoms with Crippen molar-refractivity contribution >= 4 is 5.97 Å². The van der Waals surface area contributed by atoms with Gasteiger partial charge in [-0.2, -0.15) is 0 Å². The fourth-order valence-corrected chi connectivity index (χ4v) is 3.43. The van der Waals surface area contributed by atoms with Crippen LogP contribution in [0.4, 0.5) is 0 Å². The van der Waals surface area contributed by atoms with E-state index < -0.39 is 0 Å². The van der Waals surface area contributed by atoms with Crippen LogP contribution in [0, 0.1) is 11.8 Å². The number of ether oxygens (including phenoxy) is 1. The van der Waals surface area contributed by atoms with Gasteiger partial charge in [-0.25, -0.2) is 0 Å². The summed E-state index contributed by atoms with van der Waals surface area (Å²) in [4.78, 5) is 11.6. The molecule has 0 atom stereocenters. The van der Waals surface area contributed by atoms with E-state index in [4.69, 9.17) is 4.74 Å². The first kappa shape index (κ1) is 17.6. The van der Waals surface area contributed by atoms with Crippen molar-refractivity contribution in [2.45, 2.75) is 89.9 Å². The highest BCUT2D eigenvalue weighted by Gasteiger charge is 2.19. The van der Waals surface area contributed by atoms with Crippen LogP contribution in [0.1, 0.15) is 89.9 Å². The number of carbonyl (C=O) groups is 1. The first-order valence-corrected chi connectivity index (χ1v) is 9.67. The molecule has 0 spiro atoms. The maximum Gasteiger partial charge on any atom is 0.306 e. The van der Waals surface area contributed by atoms with Crippen LogP contribution in [0.15, 0.2) is 12.2 Å². The fourth-order valence-electron chi connectivity index (χ4n) is 3.43. The van der Waals surface area contributed by atoms with Crippen molar-refractivity contribution < 1.29 is 9.53 Å². The molecule has 0 saturated heterocycles. The van der Waals surface area contributed by atoms with Crippen molar-refractivity contribution in [3.05, 3.63) is 12.2 Å². The van der Waals surface area contributed by atoms with E-state index in [1.54, 1.807) is 0 Å². The van der Waals surface area contributed by atoms with Gasteiger partial charge in [0.05, 0.1) is 0 Å². The van der Waals surface area contributed by atoms with Gasteiger partial charge in [-0.05, 0) is 31.1 Å². The molecule has 0 N–H and O–H groups in total. The number of rotatable bonds is 12. The molecule has 0 aromatic rings. The van der Waals surface area contributed by atoms with Gasteiger partial charge in [0, 0.05) is 6.42 Å². The van der Waals surface area contributed by atoms with Crippen molar-refractivity contribution in [1.29, 1.82) is 0 Å². The Morgan fingerprint density at radius 1 is 0.909 bits per heavy atom. The van der Waals surface area contributed by atoms with Crippen LogP contribution in [0.3, 0.4) is 0 Å². The highest BCUT2D eigenvalue weighted by Crippen LogP contribution is 2.34. The van der Waals surface area contributed by atoms with E-state index >= 15 is 0 Å². The lowest BCUT2D eigenvalue weighted by Gasteiger charge is -2.04. The lowest BCUT2D eigenvalue weighted by molar-refractivity contribution is -0.142. The largest absolute Gasteiger partial charge is 0.461 e. The maximum atomic E-state index is 11.6. The van der Waals surface area contributed by atoms with Gasteiger partial charge in [0.2, 0.25) is 0 Å². The summed E-state index contributed by atoms with van der Waals surface area (Å²) in [5.74, 6) is 1.79. The summed E-state index contributed by atoms with van der Waals surface area (Å²) >= 11 is 0. The van der Waals surface area contributed by atoms with Gasteiger partial charge < -0.3 is 4.74 Å². The summed E-state index contributed by atoms with van der Waals surface area (Å²) in [7, 11) is 0. The van der Waals surface area contributed by atoms with Crippen LogP contribution in [-0.2, 0) is 9.53 Å². The lowest BCUT2D eigenvalue weighted by atomic mass is 10.1. The van der Waals surface area contributed by atoms with E-state index in [1.165, 1.54) is 77.0 Å². The summed E-state index contributed by atoms with van der Waals surface area (Å²) in [5, 5.41) is 0. The molecule has 0 aromatic carbocycles. The van der Waals surface area contributed by atoms with Crippen molar-refractivity contribution in [3.8, 4) is 0 Å². The number of esters is 1. The SMILES string of the molecule is O=C(CCCCCCCCC1CC1)OC/C=C/C1CCCC1. The molecule has 2 saturated carbocycles. The van der Waals surface area contributed by atoms with Crippen LogP contribution in [-0.4, -0.2) is 12.6 Å². The van der Waals surface area contributed by atoms with Crippen molar-refractivity contribution in [1.82, 2.24) is 0 Å². The summed E-state index contributed by atoms with van der Waals surface area (Å²) in [6, 6.07) is 0. The maximum absolute atomic E-state index is 11.6. The van der Waals surface area contributed by atoms with E-state index in [0.717, 1.165) is 18.3 Å². The Hall–Kier alpha value is -0.790. The molecule has 0 aromatic heterocycles. The average molecular weight is 306 g/mol. The molecule has 2 aliphatic rings. The van der Waals surface area contributed by atoms with Gasteiger partial charge in [0.25, 0.3) is 0 Å². The summed E-state index contributed by atoms with van der Waals surface area (Å²) in [6.07, 6.45) is 22.2. The van der Waals surface area contributed by atoms with Crippen LogP contribution in [0.25, 0.3) is 0 Å². The van der Waals surface area contributed by atoms with Crippen molar-refractivity contribution in [2.24, 2.45) is 11.8 Å². The molecular formula is C20H34O2. The molecule has 0 bridgehead atoms. The van der Waals surface area contributed by atoms with Gasteiger partial charge in [-0.15, -0.1) is 0 Å². The third kappa shape index (κ3) is 8.60. The monoisotopic (exact) mass is 306 g/mol. The third-order valence-electron chi connectivity index (χ3n) is 5.09. The quantitative estimate of drug-likeness (QED) is 0.258. The minimum Gasteiger partial charge on any atom is -0.461 e. The molecule has 2 nitrogen and oxygen atoms in total. The molecular weight excluding hydrogens is 272 g/mol. The standard InChI is InChI=1S/C20H34O2/c21-20(22-17-9-13-18-11-7-8-12-18)14-6-4-2-1-3-5-10-19-15-16-19/h9,13,18-19H,1-8,10-12,14-17H2/b13-9+. The van der Waals surface area contributed by atoms with E-state index in [-0.39, 0.29) is 5.97 Å². The number of unbranched alkanes of at least 4 members (excludes halogenated alkanes) is 5. The zero-order valence-electron chi connectivity index (χ0n) is 14.2. The predicted molar refractivity (Wildman–Crippen MR) is 91.7 cm³/mol. The first-order chi connectivity index (χ1) is 10.8. The molecule has 2 aliphatic carbocycles. The van der Waals surface area contributed by atoms with Crippen LogP contribution >= 0.6 is 0 Å². The second kappa shape index (κ2) is 10.9. The van der Waals surface area contributed by atoms with Crippen molar-refractivity contribution in [2.75, 3.05) is 6.61 Å². The van der Waals surface area contributed by atoms with Gasteiger partial charge in [-0.1, -0.05) is 76.4 Å². The number of hydrogen-bond acceptors (Lipinski definition) is 2. The van der Waals surface area contributed by atoms with E-state index in [1.807, 2.05) is 6.08 Å². The van der Waals surface area contributed by atoms with E-state index in [0.29, 0.717) is 13.0 Å². The molecule has 22 heavy (non-hydrogen) atoms. The average Bonchev–Trinajstić information content (AvgIpc) is 3.20. The molecule has 126 valence electrons. The second-order valence-electron chi connectivity index (χ2n) is 7.26. The lowest BCUT2D eigenvalue weighted by Crippen LogP contribution is -2.04. The number of hydrogen-bond donors (Lipinski definition) is 0. The molecule has 0 amide bonds. The second-order valence-corrected chi connectivity index (χ2v) is 7.26. The zero-order valence-corrected chi connectivity index (χ0v) is 14.2. The van der Waals surface area contributed by atoms with Crippen LogP contribution < -0.4 is 0 Å².